The van der Waals surface area contributed by atoms with E-state index in [1.807, 2.05) is 11.8 Å². The fraction of sp³-hybridized carbons (Fsp3) is 0.571. The van der Waals surface area contributed by atoms with E-state index in [1.165, 1.54) is 6.07 Å². The van der Waals surface area contributed by atoms with Crippen molar-refractivity contribution in [2.45, 2.75) is 36.1 Å². The van der Waals surface area contributed by atoms with Gasteiger partial charge in [-0.15, -0.1) is 0 Å². The second-order valence-electron chi connectivity index (χ2n) is 4.88. The standard InChI is InChI=1S/C14H17F3OS2/c1-9-13(20-6-5-19-9)12(18)8-10-3-2-4-11(7-10)14(15,16)17/h2-4,7,9,12-13,18H,5-6,8H2,1H3. The van der Waals surface area contributed by atoms with Crippen LogP contribution in [0.15, 0.2) is 24.3 Å². The van der Waals surface area contributed by atoms with Gasteiger partial charge >= 0.3 is 6.18 Å². The highest BCUT2D eigenvalue weighted by Crippen LogP contribution is 2.34. The second kappa shape index (κ2) is 6.62. The van der Waals surface area contributed by atoms with Gasteiger partial charge in [-0.1, -0.05) is 25.1 Å². The van der Waals surface area contributed by atoms with E-state index in [-0.39, 0.29) is 11.7 Å². The molecular formula is C14H17F3OS2. The summed E-state index contributed by atoms with van der Waals surface area (Å²) in [4.78, 5) is 0. The normalized spacial score (nSPS) is 25.4. The molecule has 0 saturated carbocycles. The van der Waals surface area contributed by atoms with Crippen molar-refractivity contribution in [2.24, 2.45) is 0 Å². The average molecular weight is 322 g/mol. The van der Waals surface area contributed by atoms with E-state index in [4.69, 9.17) is 0 Å². The molecule has 0 bridgehead atoms. The lowest BCUT2D eigenvalue weighted by molar-refractivity contribution is -0.137. The van der Waals surface area contributed by atoms with Crippen LogP contribution in [0.25, 0.3) is 0 Å². The molecule has 1 aliphatic rings. The van der Waals surface area contributed by atoms with Crippen molar-refractivity contribution in [3.05, 3.63) is 35.4 Å². The highest BCUT2D eigenvalue weighted by atomic mass is 32.2. The Morgan fingerprint density at radius 3 is 2.65 bits per heavy atom. The molecule has 0 amide bonds. The summed E-state index contributed by atoms with van der Waals surface area (Å²) in [6.07, 6.45) is -4.66. The van der Waals surface area contributed by atoms with Crippen LogP contribution in [0.1, 0.15) is 18.1 Å². The molecule has 0 aromatic heterocycles. The van der Waals surface area contributed by atoms with E-state index in [0.717, 1.165) is 23.6 Å². The zero-order chi connectivity index (χ0) is 14.8. The number of benzene rings is 1. The fourth-order valence-electron chi connectivity index (χ4n) is 2.30. The van der Waals surface area contributed by atoms with Crippen molar-refractivity contribution >= 4 is 23.5 Å². The van der Waals surface area contributed by atoms with Crippen LogP contribution >= 0.6 is 23.5 Å². The van der Waals surface area contributed by atoms with Crippen molar-refractivity contribution in [1.29, 1.82) is 0 Å². The Kier molecular flexibility index (Phi) is 5.31. The van der Waals surface area contributed by atoms with E-state index < -0.39 is 17.8 Å². The van der Waals surface area contributed by atoms with Crippen LogP contribution in [0, 0.1) is 0 Å². The van der Waals surface area contributed by atoms with Crippen molar-refractivity contribution in [2.75, 3.05) is 11.5 Å². The van der Waals surface area contributed by atoms with Gasteiger partial charge in [0, 0.05) is 22.0 Å². The van der Waals surface area contributed by atoms with Gasteiger partial charge in [-0.2, -0.15) is 36.7 Å². The Labute approximate surface area is 125 Å². The molecule has 3 unspecified atom stereocenters. The third-order valence-electron chi connectivity index (χ3n) is 3.32. The molecule has 1 saturated heterocycles. The molecule has 20 heavy (non-hydrogen) atoms. The molecule has 1 aliphatic heterocycles. The number of halogens is 3. The van der Waals surface area contributed by atoms with Gasteiger partial charge in [0.15, 0.2) is 0 Å². The molecule has 1 nitrogen and oxygen atoms in total. The number of hydrogen-bond acceptors (Lipinski definition) is 3. The number of hydrogen-bond donors (Lipinski definition) is 1. The molecule has 1 fully saturated rings. The molecule has 0 aliphatic carbocycles. The first kappa shape index (κ1) is 16.0. The molecule has 3 atom stereocenters. The van der Waals surface area contributed by atoms with E-state index >= 15 is 0 Å². The third-order valence-corrected chi connectivity index (χ3v) is 6.55. The zero-order valence-corrected chi connectivity index (χ0v) is 12.7. The largest absolute Gasteiger partial charge is 0.416 e. The predicted molar refractivity (Wildman–Crippen MR) is 79.3 cm³/mol. The van der Waals surface area contributed by atoms with E-state index in [9.17, 15) is 18.3 Å². The molecule has 1 heterocycles. The molecule has 1 aromatic rings. The fourth-order valence-corrected chi connectivity index (χ4v) is 5.15. The summed E-state index contributed by atoms with van der Waals surface area (Å²) in [7, 11) is 0. The number of thioether (sulfide) groups is 2. The quantitative estimate of drug-likeness (QED) is 0.913. The minimum absolute atomic E-state index is 0.0864. The minimum Gasteiger partial charge on any atom is -0.392 e. The van der Waals surface area contributed by atoms with Crippen LogP contribution in [0.4, 0.5) is 13.2 Å². The number of aliphatic hydroxyl groups is 1. The summed E-state index contributed by atoms with van der Waals surface area (Å²) in [5.41, 5.74) is -0.114. The van der Waals surface area contributed by atoms with Gasteiger partial charge in [-0.3, -0.25) is 0 Å². The predicted octanol–water partition coefficient (Wildman–Crippen LogP) is 3.85. The Balaban J connectivity index is 2.05. The van der Waals surface area contributed by atoms with E-state index in [1.54, 1.807) is 17.8 Å². The molecule has 1 aromatic carbocycles. The van der Waals surface area contributed by atoms with Crippen LogP contribution in [-0.4, -0.2) is 33.2 Å². The van der Waals surface area contributed by atoms with Crippen LogP contribution < -0.4 is 0 Å². The summed E-state index contributed by atoms with van der Waals surface area (Å²) in [5, 5.41) is 10.7. The van der Waals surface area contributed by atoms with Gasteiger partial charge in [0.1, 0.15) is 0 Å². The van der Waals surface area contributed by atoms with Crippen molar-refractivity contribution in [3.8, 4) is 0 Å². The Hall–Kier alpha value is -0.330. The smallest absolute Gasteiger partial charge is 0.392 e. The lowest BCUT2D eigenvalue weighted by Crippen LogP contribution is -2.36. The Morgan fingerprint density at radius 2 is 2.00 bits per heavy atom. The van der Waals surface area contributed by atoms with Gasteiger partial charge in [0.2, 0.25) is 0 Å². The monoisotopic (exact) mass is 322 g/mol. The Bertz CT molecular complexity index is 450. The topological polar surface area (TPSA) is 20.2 Å². The first-order chi connectivity index (χ1) is 9.38. The molecule has 112 valence electrons. The maximum Gasteiger partial charge on any atom is 0.416 e. The van der Waals surface area contributed by atoms with Crippen LogP contribution in [-0.2, 0) is 12.6 Å². The summed E-state index contributed by atoms with van der Waals surface area (Å²) in [5.74, 6) is 2.05. The molecule has 0 radical (unpaired) electrons. The summed E-state index contributed by atoms with van der Waals surface area (Å²) >= 11 is 3.53. The third kappa shape index (κ3) is 4.09. The second-order valence-corrected chi connectivity index (χ2v) is 7.65. The summed E-state index contributed by atoms with van der Waals surface area (Å²) in [6, 6.07) is 5.24. The lowest BCUT2D eigenvalue weighted by Gasteiger charge is -2.31. The van der Waals surface area contributed by atoms with Gasteiger partial charge in [-0.05, 0) is 18.1 Å². The van der Waals surface area contributed by atoms with Gasteiger partial charge in [-0.25, -0.2) is 0 Å². The average Bonchev–Trinajstić information content (AvgIpc) is 2.38. The first-order valence-corrected chi connectivity index (χ1v) is 8.55. The summed E-state index contributed by atoms with van der Waals surface area (Å²) < 4.78 is 38.0. The zero-order valence-electron chi connectivity index (χ0n) is 11.1. The maximum atomic E-state index is 12.7. The van der Waals surface area contributed by atoms with Crippen LogP contribution in [0.2, 0.25) is 0 Å². The van der Waals surface area contributed by atoms with Crippen molar-refractivity contribution < 1.29 is 18.3 Å². The SMILES string of the molecule is CC1SCCSC1C(O)Cc1cccc(C(F)(F)F)c1. The van der Waals surface area contributed by atoms with E-state index in [0.29, 0.717) is 10.8 Å². The Morgan fingerprint density at radius 1 is 1.30 bits per heavy atom. The number of alkyl halides is 3. The van der Waals surface area contributed by atoms with Gasteiger partial charge < -0.3 is 5.11 Å². The van der Waals surface area contributed by atoms with Crippen LogP contribution in [0.5, 0.6) is 0 Å². The molecular weight excluding hydrogens is 305 g/mol. The van der Waals surface area contributed by atoms with E-state index in [2.05, 4.69) is 6.92 Å². The van der Waals surface area contributed by atoms with Crippen molar-refractivity contribution in [1.82, 2.24) is 0 Å². The highest BCUT2D eigenvalue weighted by molar-refractivity contribution is 8.07. The van der Waals surface area contributed by atoms with Crippen molar-refractivity contribution in [3.63, 3.8) is 0 Å². The number of aliphatic hydroxyl groups excluding tert-OH is 1. The lowest BCUT2D eigenvalue weighted by atomic mass is 10.0. The maximum absolute atomic E-state index is 12.7. The molecule has 0 spiro atoms. The first-order valence-electron chi connectivity index (χ1n) is 6.45. The minimum atomic E-state index is -4.33. The van der Waals surface area contributed by atoms with Gasteiger partial charge in [0.25, 0.3) is 0 Å². The van der Waals surface area contributed by atoms with Crippen LogP contribution in [0.3, 0.4) is 0 Å². The summed E-state index contributed by atoms with van der Waals surface area (Å²) in [6.45, 7) is 2.07. The number of rotatable bonds is 3. The molecule has 6 heteroatoms. The van der Waals surface area contributed by atoms with Gasteiger partial charge in [0.05, 0.1) is 11.7 Å². The molecule has 1 N–H and O–H groups in total. The highest BCUT2D eigenvalue weighted by Gasteiger charge is 2.32. The molecule has 2 rings (SSSR count).